The molecule has 4 N–H and O–H groups in total. The molecular formula is C39H52N6O4S. The zero-order valence-corrected chi connectivity index (χ0v) is 30.9. The van der Waals surface area contributed by atoms with Crippen molar-refractivity contribution >= 4 is 23.6 Å². The number of nitrogens with one attached hydrogen (secondary N) is 2. The van der Waals surface area contributed by atoms with Gasteiger partial charge in [-0.15, -0.1) is 0 Å². The van der Waals surface area contributed by atoms with Crippen LogP contribution in [0, 0.1) is 19.8 Å². The van der Waals surface area contributed by atoms with Crippen molar-refractivity contribution in [3.63, 3.8) is 0 Å². The van der Waals surface area contributed by atoms with Crippen molar-refractivity contribution in [2.24, 2.45) is 5.92 Å². The van der Waals surface area contributed by atoms with Crippen LogP contribution < -0.4 is 0 Å². The number of aliphatic hydroxyl groups is 2. The van der Waals surface area contributed by atoms with Crippen molar-refractivity contribution < 1.29 is 19.8 Å². The number of aryl methyl sites for hydroxylation is 2. The van der Waals surface area contributed by atoms with Gasteiger partial charge in [-0.25, -0.2) is 9.97 Å². The number of aromatic amines is 2. The number of imidazole rings is 2. The molecule has 50 heavy (non-hydrogen) atoms. The van der Waals surface area contributed by atoms with Crippen LogP contribution in [0.5, 0.6) is 0 Å². The smallest absolute Gasteiger partial charge is 0.236 e. The number of thioether (sulfide) groups is 1. The maximum atomic E-state index is 12.7. The zero-order valence-electron chi connectivity index (χ0n) is 30.1. The van der Waals surface area contributed by atoms with Crippen LogP contribution in [-0.2, 0) is 9.59 Å². The Morgan fingerprint density at radius 2 is 1.34 bits per heavy atom. The molecule has 0 aliphatic carbocycles. The second-order valence-electron chi connectivity index (χ2n) is 13.7. The minimum Gasteiger partial charge on any atom is -0.393 e. The molecule has 2 saturated heterocycles. The number of amides is 2. The summed E-state index contributed by atoms with van der Waals surface area (Å²) in [7, 11) is 0. The molecular weight excluding hydrogens is 649 g/mol. The Morgan fingerprint density at radius 3 is 1.86 bits per heavy atom. The number of β-amino-alcohol motifs (C(OH)–C–C–N with tert-alkyl or cyclic N) is 1. The summed E-state index contributed by atoms with van der Waals surface area (Å²) in [5.74, 6) is 1.75. The number of rotatable bonds is 8. The van der Waals surface area contributed by atoms with E-state index in [1.807, 2.05) is 44.3 Å². The molecule has 4 heterocycles. The molecule has 6 atom stereocenters. The Hall–Kier alpha value is -3.93. The van der Waals surface area contributed by atoms with E-state index in [0.29, 0.717) is 32.4 Å². The van der Waals surface area contributed by atoms with Crippen LogP contribution in [0.4, 0.5) is 0 Å². The Morgan fingerprint density at radius 1 is 0.800 bits per heavy atom. The van der Waals surface area contributed by atoms with E-state index in [9.17, 15) is 19.8 Å². The normalized spacial score (nSPS) is 22.0. The third-order valence-corrected chi connectivity index (χ3v) is 10.9. The highest BCUT2D eigenvalue weighted by Gasteiger charge is 2.36. The molecule has 4 aromatic rings. The van der Waals surface area contributed by atoms with Gasteiger partial charge in [0.05, 0.1) is 53.3 Å². The molecule has 2 aliphatic heterocycles. The van der Waals surface area contributed by atoms with Gasteiger partial charge in [-0.2, -0.15) is 11.8 Å². The van der Waals surface area contributed by atoms with Crippen LogP contribution >= 0.6 is 11.8 Å². The molecule has 2 aromatic carbocycles. The standard InChI is InChI=1S/C20H27N3O2.C19H25N3O2S/c1-4-14(3)20(25)23-10-9-16(24)11-18(23)19-21-12-17(22-19)15-7-5-13(2)6-8-15;1-12-4-6-14(7-5-12)16-10-20-18(21-16)17-9-8-15(23)11-22(17)19(24)13(2)25-3/h5-8,12,14,16,18,24H,4,9-11H2,1-3H3,(H,21,22);4-7,10,13,15,17,23H,8-9,11H2,1-3H3,(H,20,21). The molecule has 268 valence electrons. The van der Waals surface area contributed by atoms with Gasteiger partial charge in [0.25, 0.3) is 0 Å². The Labute approximate surface area is 300 Å². The molecule has 2 aromatic heterocycles. The minimum atomic E-state index is -0.458. The number of H-pyrrole nitrogens is 2. The van der Waals surface area contributed by atoms with E-state index in [1.165, 1.54) is 22.9 Å². The quantitative estimate of drug-likeness (QED) is 0.162. The van der Waals surface area contributed by atoms with Gasteiger partial charge >= 0.3 is 0 Å². The van der Waals surface area contributed by atoms with Crippen molar-refractivity contribution in [2.45, 2.75) is 96.3 Å². The van der Waals surface area contributed by atoms with Gasteiger partial charge in [-0.1, -0.05) is 73.5 Å². The molecule has 6 unspecified atom stereocenters. The molecule has 0 bridgehead atoms. The average Bonchev–Trinajstić information content (AvgIpc) is 3.82. The Kier molecular flexibility index (Phi) is 12.6. The number of carbonyl (C=O) groups is 2. The summed E-state index contributed by atoms with van der Waals surface area (Å²) >= 11 is 1.52. The van der Waals surface area contributed by atoms with Gasteiger partial charge in [0.2, 0.25) is 11.8 Å². The van der Waals surface area contributed by atoms with Gasteiger partial charge in [0.15, 0.2) is 0 Å². The van der Waals surface area contributed by atoms with E-state index in [-0.39, 0.29) is 41.2 Å². The third kappa shape index (κ3) is 8.86. The van der Waals surface area contributed by atoms with Crippen LogP contribution in [0.25, 0.3) is 22.5 Å². The maximum Gasteiger partial charge on any atom is 0.236 e. The summed E-state index contributed by atoms with van der Waals surface area (Å²) in [6.07, 6.45) is 8.10. The minimum absolute atomic E-state index is 0.00993. The number of hydrogen-bond acceptors (Lipinski definition) is 7. The van der Waals surface area contributed by atoms with Crippen molar-refractivity contribution in [3.05, 3.63) is 83.7 Å². The number of likely N-dealkylation sites (tertiary alicyclic amines) is 2. The predicted molar refractivity (Wildman–Crippen MR) is 199 cm³/mol. The van der Waals surface area contributed by atoms with Gasteiger partial charge in [0.1, 0.15) is 11.6 Å². The number of piperidine rings is 2. The number of hydrogen-bond donors (Lipinski definition) is 4. The van der Waals surface area contributed by atoms with E-state index in [0.717, 1.165) is 47.0 Å². The van der Waals surface area contributed by atoms with Crippen molar-refractivity contribution in [3.8, 4) is 22.5 Å². The van der Waals surface area contributed by atoms with Gasteiger partial charge in [0, 0.05) is 25.4 Å². The molecule has 0 spiro atoms. The highest BCUT2D eigenvalue weighted by molar-refractivity contribution is 7.99. The highest BCUT2D eigenvalue weighted by Crippen LogP contribution is 2.34. The molecule has 2 amide bonds. The van der Waals surface area contributed by atoms with Crippen molar-refractivity contribution in [1.29, 1.82) is 0 Å². The maximum absolute atomic E-state index is 12.7. The first-order chi connectivity index (χ1) is 24.0. The second kappa shape index (κ2) is 16.9. The molecule has 6 rings (SSSR count). The SMILES string of the molecule is CCC(C)C(=O)N1CCC(O)CC1c1ncc(-c2ccc(C)cc2)[nH]1.CSC(C)C(=O)N1CC(O)CCC1c1ncc(-c2ccc(C)cc2)[nH]1. The third-order valence-electron chi connectivity index (χ3n) is 9.98. The lowest BCUT2D eigenvalue weighted by Crippen LogP contribution is -2.47. The molecule has 11 heteroatoms. The van der Waals surface area contributed by atoms with Crippen LogP contribution in [-0.4, -0.2) is 88.6 Å². The van der Waals surface area contributed by atoms with Crippen LogP contribution in [0.15, 0.2) is 60.9 Å². The van der Waals surface area contributed by atoms with Crippen LogP contribution in [0.2, 0.25) is 0 Å². The number of aliphatic hydroxyl groups excluding tert-OH is 2. The lowest BCUT2D eigenvalue weighted by molar-refractivity contribution is -0.141. The Balaban J connectivity index is 0.000000194. The summed E-state index contributed by atoms with van der Waals surface area (Å²) in [5, 5.41) is 20.0. The van der Waals surface area contributed by atoms with E-state index in [4.69, 9.17) is 0 Å². The Bertz CT molecular complexity index is 1700. The summed E-state index contributed by atoms with van der Waals surface area (Å²) in [6, 6.07) is 16.2. The first kappa shape index (κ1) is 37.3. The number of benzene rings is 2. The molecule has 0 saturated carbocycles. The summed E-state index contributed by atoms with van der Waals surface area (Å²) in [4.78, 5) is 45.0. The first-order valence-electron chi connectivity index (χ1n) is 17.7. The molecule has 2 fully saturated rings. The predicted octanol–water partition coefficient (Wildman–Crippen LogP) is 6.62. The largest absolute Gasteiger partial charge is 0.393 e. The summed E-state index contributed by atoms with van der Waals surface area (Å²) < 4.78 is 0. The number of aromatic nitrogens is 4. The van der Waals surface area contributed by atoms with E-state index >= 15 is 0 Å². The average molecular weight is 701 g/mol. The molecule has 10 nitrogen and oxygen atoms in total. The van der Waals surface area contributed by atoms with E-state index in [1.54, 1.807) is 4.90 Å². The fraction of sp³-hybridized carbons (Fsp3) is 0.487. The van der Waals surface area contributed by atoms with E-state index < -0.39 is 6.10 Å². The highest BCUT2D eigenvalue weighted by atomic mass is 32.2. The van der Waals surface area contributed by atoms with Crippen molar-refractivity contribution in [2.75, 3.05) is 19.3 Å². The van der Waals surface area contributed by atoms with E-state index in [2.05, 4.69) is 82.3 Å². The van der Waals surface area contributed by atoms with Crippen LogP contribution in [0.3, 0.4) is 0 Å². The first-order valence-corrected chi connectivity index (χ1v) is 19.0. The van der Waals surface area contributed by atoms with Gasteiger partial charge in [-0.05, 0) is 63.8 Å². The fourth-order valence-electron chi connectivity index (χ4n) is 6.51. The number of carbonyl (C=O) groups excluding carboxylic acids is 2. The molecule has 2 aliphatic rings. The zero-order chi connectivity index (χ0) is 35.9. The van der Waals surface area contributed by atoms with Gasteiger partial charge in [-0.3, -0.25) is 9.59 Å². The van der Waals surface area contributed by atoms with Crippen LogP contribution in [0.1, 0.15) is 87.7 Å². The number of nitrogens with zero attached hydrogens (tertiary/aromatic N) is 4. The monoisotopic (exact) mass is 700 g/mol. The fourth-order valence-corrected chi connectivity index (χ4v) is 6.85. The summed E-state index contributed by atoms with van der Waals surface area (Å²) in [6.45, 7) is 11.0. The van der Waals surface area contributed by atoms with Crippen molar-refractivity contribution in [1.82, 2.24) is 29.7 Å². The topological polar surface area (TPSA) is 138 Å². The lowest BCUT2D eigenvalue weighted by Gasteiger charge is -2.38. The lowest BCUT2D eigenvalue weighted by atomic mass is 9.96. The summed E-state index contributed by atoms with van der Waals surface area (Å²) in [5.41, 5.74) is 6.46. The molecule has 0 radical (unpaired) electrons. The van der Waals surface area contributed by atoms with Gasteiger partial charge < -0.3 is 30.0 Å². The second-order valence-corrected chi connectivity index (χ2v) is 14.9.